The van der Waals surface area contributed by atoms with E-state index in [1.165, 1.54) is 6.07 Å². The molecular weight excluding hydrogens is 544 g/mol. The van der Waals surface area contributed by atoms with Crippen LogP contribution >= 0.6 is 15.9 Å². The van der Waals surface area contributed by atoms with Gasteiger partial charge in [-0.2, -0.15) is 0 Å². The quantitative estimate of drug-likeness (QED) is 0.182. The van der Waals surface area contributed by atoms with Crippen molar-refractivity contribution in [1.82, 2.24) is 0 Å². The lowest BCUT2D eigenvalue weighted by molar-refractivity contribution is 0.102. The van der Waals surface area contributed by atoms with E-state index in [0.717, 1.165) is 0 Å². The molecule has 1 amide bonds. The Balaban J connectivity index is 1.58. The van der Waals surface area contributed by atoms with E-state index >= 15 is 0 Å². The zero-order valence-corrected chi connectivity index (χ0v) is 21.1. The molecule has 0 aromatic heterocycles. The number of ether oxygens (including phenoxy) is 1. The molecule has 6 N–H and O–H groups in total. The van der Waals surface area contributed by atoms with Crippen LogP contribution < -0.4 is 20.9 Å². The number of hydrogen-bond acceptors (Lipinski definition) is 5. The van der Waals surface area contributed by atoms with Gasteiger partial charge >= 0.3 is 0 Å². The average Bonchev–Trinajstić information content (AvgIpc) is 2.85. The Morgan fingerprint density at radius 3 is 2.33 bits per heavy atom. The van der Waals surface area contributed by atoms with Gasteiger partial charge in [0.1, 0.15) is 17.3 Å². The third-order valence-corrected chi connectivity index (χ3v) is 6.67. The molecular formula is C26H21BrN4O4S. The van der Waals surface area contributed by atoms with E-state index in [1.807, 2.05) is 0 Å². The van der Waals surface area contributed by atoms with E-state index in [2.05, 4.69) is 21.2 Å². The van der Waals surface area contributed by atoms with Gasteiger partial charge in [0.2, 0.25) is 10.0 Å². The first kappa shape index (κ1) is 25.1. The van der Waals surface area contributed by atoms with Crippen LogP contribution in [0, 0.1) is 5.41 Å². The van der Waals surface area contributed by atoms with Crippen LogP contribution in [-0.2, 0) is 10.0 Å². The second-order valence-electron chi connectivity index (χ2n) is 7.76. The summed E-state index contributed by atoms with van der Waals surface area (Å²) < 4.78 is 30.5. The Morgan fingerprint density at radius 1 is 0.917 bits per heavy atom. The van der Waals surface area contributed by atoms with Crippen LogP contribution in [0.5, 0.6) is 11.5 Å². The van der Waals surface area contributed by atoms with E-state index in [9.17, 15) is 13.2 Å². The molecule has 0 spiro atoms. The Morgan fingerprint density at radius 2 is 1.64 bits per heavy atom. The molecule has 10 heteroatoms. The molecule has 0 radical (unpaired) electrons. The smallest absolute Gasteiger partial charge is 0.259 e. The number of rotatable bonds is 7. The van der Waals surface area contributed by atoms with Crippen molar-refractivity contribution in [2.24, 2.45) is 10.9 Å². The summed E-state index contributed by atoms with van der Waals surface area (Å²) in [5, 5.41) is 15.8. The molecule has 0 bridgehead atoms. The highest BCUT2D eigenvalue weighted by molar-refractivity contribution is 9.10. The molecule has 0 saturated carbocycles. The van der Waals surface area contributed by atoms with Gasteiger partial charge < -0.3 is 15.8 Å². The Labute approximate surface area is 216 Å². The van der Waals surface area contributed by atoms with Crippen molar-refractivity contribution in [3.63, 3.8) is 0 Å². The van der Waals surface area contributed by atoms with Crippen molar-refractivity contribution < 1.29 is 17.9 Å². The molecule has 0 fully saturated rings. The first-order valence-electron chi connectivity index (χ1n) is 10.6. The minimum Gasteiger partial charge on any atom is -0.457 e. The lowest BCUT2D eigenvalue weighted by Gasteiger charge is -2.13. The maximum Gasteiger partial charge on any atom is 0.259 e. The minimum absolute atomic E-state index is 0.0200. The van der Waals surface area contributed by atoms with Crippen molar-refractivity contribution in [2.45, 2.75) is 4.90 Å². The van der Waals surface area contributed by atoms with Gasteiger partial charge in [-0.25, -0.2) is 13.6 Å². The predicted octanol–water partition coefficient (Wildman–Crippen LogP) is 5.09. The first-order valence-corrected chi connectivity index (χ1v) is 12.9. The largest absolute Gasteiger partial charge is 0.457 e. The molecule has 182 valence electrons. The molecule has 0 aliphatic heterocycles. The molecule has 0 saturated heterocycles. The van der Waals surface area contributed by atoms with Crippen LogP contribution in [0.4, 0.5) is 5.69 Å². The summed E-state index contributed by atoms with van der Waals surface area (Å²) in [7, 11) is -3.90. The summed E-state index contributed by atoms with van der Waals surface area (Å²) in [6.45, 7) is 0. The number of carbonyl (C=O) groups excluding carboxylic acids is 1. The van der Waals surface area contributed by atoms with Crippen molar-refractivity contribution in [3.8, 4) is 22.6 Å². The van der Waals surface area contributed by atoms with Crippen molar-refractivity contribution >= 4 is 43.4 Å². The third-order valence-electron chi connectivity index (χ3n) is 5.21. The van der Waals surface area contributed by atoms with Gasteiger partial charge in [-0.1, -0.05) is 58.4 Å². The number of hydrogen-bond donors (Lipinski definition) is 4. The molecule has 0 aliphatic rings. The van der Waals surface area contributed by atoms with Crippen LogP contribution in [0.3, 0.4) is 0 Å². The lowest BCUT2D eigenvalue weighted by atomic mass is 10.1. The number of nitrogens with one attached hydrogen (secondary N) is 2. The Bertz CT molecular complexity index is 1570. The maximum atomic E-state index is 13.1. The zero-order chi connectivity index (χ0) is 25.9. The SMILES string of the molecule is N=C(N)c1cccc(Oc2ccc(Br)cc2C(=O)Nc2ccc(-c3ccccc3S(N)(=O)=O)cc2)c1. The summed E-state index contributed by atoms with van der Waals surface area (Å²) in [5.41, 5.74) is 7.94. The molecule has 0 heterocycles. The fraction of sp³-hybridized carbons (Fsp3) is 0. The number of carbonyl (C=O) groups is 1. The Hall–Kier alpha value is -3.99. The van der Waals surface area contributed by atoms with E-state index in [-0.39, 0.29) is 16.3 Å². The third kappa shape index (κ3) is 5.80. The van der Waals surface area contributed by atoms with Crippen LogP contribution in [0.1, 0.15) is 15.9 Å². The van der Waals surface area contributed by atoms with Gasteiger partial charge in [0.25, 0.3) is 5.91 Å². The van der Waals surface area contributed by atoms with Crippen LogP contribution in [0.2, 0.25) is 0 Å². The highest BCUT2D eigenvalue weighted by Crippen LogP contribution is 2.31. The van der Waals surface area contributed by atoms with Gasteiger partial charge in [0.05, 0.1) is 10.5 Å². The average molecular weight is 565 g/mol. The Kier molecular flexibility index (Phi) is 7.20. The van der Waals surface area contributed by atoms with E-state index in [0.29, 0.717) is 38.3 Å². The zero-order valence-electron chi connectivity index (χ0n) is 18.7. The minimum atomic E-state index is -3.90. The van der Waals surface area contributed by atoms with Crippen molar-refractivity contribution in [3.05, 3.63) is 107 Å². The van der Waals surface area contributed by atoms with E-state index in [4.69, 9.17) is 21.0 Å². The normalized spacial score (nSPS) is 11.1. The number of nitrogen functional groups attached to an aromatic ring is 1. The second kappa shape index (κ2) is 10.3. The van der Waals surface area contributed by atoms with Crippen molar-refractivity contribution in [1.29, 1.82) is 5.41 Å². The summed E-state index contributed by atoms with van der Waals surface area (Å²) in [5.74, 6) is 0.239. The number of halogens is 1. The molecule has 0 atom stereocenters. The van der Waals surface area contributed by atoms with E-state index in [1.54, 1.807) is 84.9 Å². The van der Waals surface area contributed by atoms with Gasteiger partial charge in [-0.15, -0.1) is 0 Å². The van der Waals surface area contributed by atoms with Gasteiger partial charge in [0, 0.05) is 21.3 Å². The first-order chi connectivity index (χ1) is 17.1. The maximum absolute atomic E-state index is 13.1. The fourth-order valence-corrected chi connectivity index (χ4v) is 4.63. The summed E-state index contributed by atoms with van der Waals surface area (Å²) in [6, 6.07) is 24.9. The number of primary sulfonamides is 1. The lowest BCUT2D eigenvalue weighted by Crippen LogP contribution is -2.14. The number of amides is 1. The summed E-state index contributed by atoms with van der Waals surface area (Å²) in [6.07, 6.45) is 0. The molecule has 0 aliphatic carbocycles. The molecule has 0 unspecified atom stereocenters. The molecule has 8 nitrogen and oxygen atoms in total. The van der Waals surface area contributed by atoms with Crippen LogP contribution in [0.15, 0.2) is 100 Å². The second-order valence-corrected chi connectivity index (χ2v) is 10.2. The number of nitrogens with two attached hydrogens (primary N) is 2. The summed E-state index contributed by atoms with van der Waals surface area (Å²) in [4.78, 5) is 13.2. The molecule has 4 aromatic rings. The van der Waals surface area contributed by atoms with E-state index < -0.39 is 15.9 Å². The number of sulfonamides is 1. The number of amidine groups is 1. The monoisotopic (exact) mass is 564 g/mol. The van der Waals surface area contributed by atoms with Crippen LogP contribution in [0.25, 0.3) is 11.1 Å². The molecule has 4 rings (SSSR count). The molecule has 36 heavy (non-hydrogen) atoms. The van der Waals surface area contributed by atoms with Gasteiger partial charge in [-0.3, -0.25) is 10.2 Å². The predicted molar refractivity (Wildman–Crippen MR) is 143 cm³/mol. The van der Waals surface area contributed by atoms with Crippen LogP contribution in [-0.4, -0.2) is 20.2 Å². The fourth-order valence-electron chi connectivity index (χ4n) is 3.51. The number of anilines is 1. The topological polar surface area (TPSA) is 148 Å². The molecule has 4 aromatic carbocycles. The summed E-state index contributed by atoms with van der Waals surface area (Å²) >= 11 is 3.38. The van der Waals surface area contributed by atoms with Crippen molar-refractivity contribution in [2.75, 3.05) is 5.32 Å². The highest BCUT2D eigenvalue weighted by Gasteiger charge is 2.17. The van der Waals surface area contributed by atoms with Gasteiger partial charge in [0.15, 0.2) is 0 Å². The highest BCUT2D eigenvalue weighted by atomic mass is 79.9. The standard InChI is InChI=1S/C26H21BrN4O4S/c27-18-10-13-23(35-20-5-3-4-17(14-20)25(28)29)22(15-18)26(32)31-19-11-8-16(9-12-19)21-6-1-2-7-24(21)36(30,33)34/h1-15H,(H3,28,29)(H,31,32)(H2,30,33,34). The van der Waals surface area contributed by atoms with Gasteiger partial charge in [-0.05, 0) is 54.1 Å². The number of benzene rings is 4.